The summed E-state index contributed by atoms with van der Waals surface area (Å²) in [4.78, 5) is 48.5. The second-order valence-corrected chi connectivity index (χ2v) is 12.6. The van der Waals surface area contributed by atoms with Crippen LogP contribution in [-0.4, -0.2) is 77.2 Å². The number of rotatable bonds is 5. The maximum atomic E-state index is 14.0. The van der Waals surface area contributed by atoms with Crippen LogP contribution < -0.4 is 5.56 Å². The average Bonchev–Trinajstić information content (AvgIpc) is 3.55. The van der Waals surface area contributed by atoms with E-state index in [-0.39, 0.29) is 35.8 Å². The van der Waals surface area contributed by atoms with Gasteiger partial charge in [0.2, 0.25) is 5.91 Å². The monoisotopic (exact) mass is 634 g/mol. The lowest BCUT2D eigenvalue weighted by molar-refractivity contribution is -0.142. The highest BCUT2D eigenvalue weighted by molar-refractivity contribution is 9.10. The first kappa shape index (κ1) is 28.4. The molecule has 2 fully saturated rings. The minimum absolute atomic E-state index is 0.0449. The van der Waals surface area contributed by atoms with Crippen LogP contribution in [0.25, 0.3) is 11.0 Å². The zero-order chi connectivity index (χ0) is 29.6. The van der Waals surface area contributed by atoms with E-state index < -0.39 is 5.60 Å². The first-order valence-corrected chi connectivity index (χ1v) is 15.1. The molecule has 2 aliphatic rings. The van der Waals surface area contributed by atoms with Gasteiger partial charge in [0.05, 0.1) is 17.5 Å². The smallest absolute Gasteiger partial charge is 0.270 e. The maximum absolute atomic E-state index is 14.0. The molecule has 11 heteroatoms. The Morgan fingerprint density at radius 2 is 1.79 bits per heavy atom. The van der Waals surface area contributed by atoms with Crippen LogP contribution in [0.15, 0.2) is 70.5 Å². The standard InChI is InChI=1S/C31H35BrN6O4/c1-34-12-8-24-27(34)33-20-38(29(24)40)19-31(42)10-14-36(15-11-31)28(39)23-9-13-37(18-25(23)21-6-4-3-5-7-21)30(41)26-16-22(32)17-35(26)2/h3-8,12,16-17,20,23,25,42H,9-11,13-15,18-19H2,1-2H3/t23-,25+/m1/s1. The maximum Gasteiger partial charge on any atom is 0.270 e. The van der Waals surface area contributed by atoms with Crippen molar-refractivity contribution in [2.45, 2.75) is 37.3 Å². The summed E-state index contributed by atoms with van der Waals surface area (Å²) < 4.78 is 5.94. The van der Waals surface area contributed by atoms with Crippen molar-refractivity contribution in [1.29, 1.82) is 0 Å². The third-order valence-electron chi connectivity index (χ3n) is 8.96. The second kappa shape index (κ2) is 11.2. The van der Waals surface area contributed by atoms with E-state index in [9.17, 15) is 19.5 Å². The molecule has 1 aromatic carbocycles. The van der Waals surface area contributed by atoms with E-state index in [0.29, 0.717) is 62.2 Å². The first-order valence-electron chi connectivity index (χ1n) is 14.3. The largest absolute Gasteiger partial charge is 0.388 e. The van der Waals surface area contributed by atoms with Gasteiger partial charge in [-0.2, -0.15) is 0 Å². The summed E-state index contributed by atoms with van der Waals surface area (Å²) in [6.07, 6.45) is 6.46. The van der Waals surface area contributed by atoms with Gasteiger partial charge in [-0.3, -0.25) is 19.0 Å². The Morgan fingerprint density at radius 1 is 1.05 bits per heavy atom. The number of aromatic nitrogens is 4. The highest BCUT2D eigenvalue weighted by atomic mass is 79.9. The Labute approximate surface area is 252 Å². The van der Waals surface area contributed by atoms with Gasteiger partial charge in [-0.05, 0) is 52.9 Å². The lowest BCUT2D eigenvalue weighted by atomic mass is 9.79. The number of benzene rings is 1. The molecule has 0 bridgehead atoms. The number of fused-ring (bicyclic) bond motifs is 1. The van der Waals surface area contributed by atoms with Crippen LogP contribution >= 0.6 is 15.9 Å². The summed E-state index contributed by atoms with van der Waals surface area (Å²) in [5.74, 6) is -0.390. The number of hydrogen-bond acceptors (Lipinski definition) is 5. The molecular weight excluding hydrogens is 600 g/mol. The summed E-state index contributed by atoms with van der Waals surface area (Å²) in [5.41, 5.74) is 0.971. The molecule has 0 spiro atoms. The van der Waals surface area contributed by atoms with E-state index in [0.717, 1.165) is 10.0 Å². The number of amides is 2. The lowest BCUT2D eigenvalue weighted by Crippen LogP contribution is -2.53. The highest BCUT2D eigenvalue weighted by Crippen LogP contribution is 2.36. The van der Waals surface area contributed by atoms with Crippen molar-refractivity contribution in [2.24, 2.45) is 20.0 Å². The Bertz CT molecular complexity index is 1680. The van der Waals surface area contributed by atoms with Crippen LogP contribution in [0.5, 0.6) is 0 Å². The van der Waals surface area contributed by atoms with Crippen LogP contribution in [0.4, 0.5) is 0 Å². The van der Waals surface area contributed by atoms with Crippen molar-refractivity contribution in [3.05, 3.63) is 87.3 Å². The highest BCUT2D eigenvalue weighted by Gasteiger charge is 2.42. The summed E-state index contributed by atoms with van der Waals surface area (Å²) >= 11 is 3.46. The molecule has 42 heavy (non-hydrogen) atoms. The van der Waals surface area contributed by atoms with Gasteiger partial charge in [-0.25, -0.2) is 4.98 Å². The number of nitrogens with zero attached hydrogens (tertiary/aromatic N) is 6. The molecule has 0 unspecified atom stereocenters. The van der Waals surface area contributed by atoms with Crippen molar-refractivity contribution in [3.63, 3.8) is 0 Å². The fourth-order valence-corrected chi connectivity index (χ4v) is 7.04. The summed E-state index contributed by atoms with van der Waals surface area (Å²) in [6.45, 7) is 1.90. The van der Waals surface area contributed by atoms with E-state index in [2.05, 4.69) is 20.9 Å². The van der Waals surface area contributed by atoms with E-state index >= 15 is 0 Å². The predicted octanol–water partition coefficient (Wildman–Crippen LogP) is 3.14. The summed E-state index contributed by atoms with van der Waals surface area (Å²) in [7, 11) is 3.69. The number of piperidine rings is 2. The van der Waals surface area contributed by atoms with Gasteiger partial charge >= 0.3 is 0 Å². The Balaban J connectivity index is 1.16. The molecule has 10 nitrogen and oxygen atoms in total. The summed E-state index contributed by atoms with van der Waals surface area (Å²) in [5, 5.41) is 11.9. The van der Waals surface area contributed by atoms with E-state index in [4.69, 9.17) is 0 Å². The van der Waals surface area contributed by atoms with Gasteiger partial charge in [-0.1, -0.05) is 30.3 Å². The molecule has 2 amide bonds. The third-order valence-corrected chi connectivity index (χ3v) is 9.39. The number of halogens is 1. The molecule has 6 rings (SSSR count). The fourth-order valence-electron chi connectivity index (χ4n) is 6.52. The van der Waals surface area contributed by atoms with E-state index in [1.165, 1.54) is 10.9 Å². The molecule has 0 aliphatic carbocycles. The lowest BCUT2D eigenvalue weighted by Gasteiger charge is -2.43. The molecule has 2 atom stereocenters. The van der Waals surface area contributed by atoms with Crippen LogP contribution in [0.2, 0.25) is 0 Å². The normalized spacial score (nSPS) is 20.7. The molecule has 0 radical (unpaired) electrons. The molecule has 220 valence electrons. The number of carbonyl (C=O) groups is 2. The molecule has 4 aromatic rings. The minimum atomic E-state index is -1.11. The Morgan fingerprint density at radius 3 is 2.48 bits per heavy atom. The van der Waals surface area contributed by atoms with Crippen LogP contribution in [0.3, 0.4) is 0 Å². The predicted molar refractivity (Wildman–Crippen MR) is 162 cm³/mol. The average molecular weight is 636 g/mol. The number of aliphatic hydroxyl groups is 1. The minimum Gasteiger partial charge on any atom is -0.388 e. The molecule has 0 saturated carbocycles. The topological polar surface area (TPSA) is 106 Å². The van der Waals surface area contributed by atoms with Gasteiger partial charge in [0, 0.05) is 69.0 Å². The fraction of sp³-hybridized carbons (Fsp3) is 0.419. The van der Waals surface area contributed by atoms with Crippen LogP contribution in [-0.2, 0) is 25.4 Å². The molecule has 1 N–H and O–H groups in total. The van der Waals surface area contributed by atoms with Crippen molar-refractivity contribution in [1.82, 2.24) is 28.5 Å². The van der Waals surface area contributed by atoms with Crippen molar-refractivity contribution in [3.8, 4) is 0 Å². The summed E-state index contributed by atoms with van der Waals surface area (Å²) in [6, 6.07) is 13.5. The van der Waals surface area contributed by atoms with Crippen LogP contribution in [0, 0.1) is 5.92 Å². The number of carbonyl (C=O) groups excluding carboxylic acids is 2. The third kappa shape index (κ3) is 5.31. The van der Waals surface area contributed by atoms with Gasteiger partial charge in [-0.15, -0.1) is 0 Å². The van der Waals surface area contributed by atoms with Gasteiger partial charge in [0.1, 0.15) is 17.7 Å². The Hall–Kier alpha value is -3.70. The quantitative estimate of drug-likeness (QED) is 0.363. The SMILES string of the molecule is Cn1cc(Br)cc1C(=O)N1CC[C@@H](C(=O)N2CCC(O)(Cn3cnc4c(ccn4C)c3=O)CC2)[C@H](c2ccccc2)C1. The zero-order valence-corrected chi connectivity index (χ0v) is 25.4. The molecule has 2 aliphatic heterocycles. The van der Waals surface area contributed by atoms with Crippen LogP contribution in [0.1, 0.15) is 41.2 Å². The zero-order valence-electron chi connectivity index (χ0n) is 23.8. The Kier molecular flexibility index (Phi) is 7.57. The second-order valence-electron chi connectivity index (χ2n) is 11.7. The molecule has 5 heterocycles. The first-order chi connectivity index (χ1) is 20.1. The van der Waals surface area contributed by atoms with Gasteiger partial charge in [0.25, 0.3) is 11.5 Å². The number of likely N-dealkylation sites (tertiary alicyclic amines) is 2. The molecule has 3 aromatic heterocycles. The number of hydrogen-bond donors (Lipinski definition) is 1. The van der Waals surface area contributed by atoms with Gasteiger partial charge in [0.15, 0.2) is 0 Å². The number of aryl methyl sites for hydroxylation is 2. The van der Waals surface area contributed by atoms with E-state index in [1.807, 2.05) is 71.1 Å². The molecule has 2 saturated heterocycles. The van der Waals surface area contributed by atoms with Crippen molar-refractivity contribution in [2.75, 3.05) is 26.2 Å². The van der Waals surface area contributed by atoms with Gasteiger partial charge < -0.3 is 24.0 Å². The van der Waals surface area contributed by atoms with E-state index in [1.54, 1.807) is 16.8 Å². The molecular formula is C31H35BrN6O4. The van der Waals surface area contributed by atoms with Crippen molar-refractivity contribution < 1.29 is 14.7 Å². The van der Waals surface area contributed by atoms with Crippen molar-refractivity contribution >= 4 is 38.8 Å².